The predicted octanol–water partition coefficient (Wildman–Crippen LogP) is 0.279. The van der Waals surface area contributed by atoms with Gasteiger partial charge in [0, 0.05) is 6.54 Å². The van der Waals surface area contributed by atoms with Crippen LogP contribution in [0.5, 0.6) is 0 Å². The summed E-state index contributed by atoms with van der Waals surface area (Å²) in [5.41, 5.74) is 6.37. The summed E-state index contributed by atoms with van der Waals surface area (Å²) in [6.07, 6.45) is 0.884. The van der Waals surface area contributed by atoms with Gasteiger partial charge >= 0.3 is 29.6 Å². The molecule has 60 valence electrons. The van der Waals surface area contributed by atoms with Crippen LogP contribution in [0, 0.1) is 0 Å². The van der Waals surface area contributed by atoms with Crippen LogP contribution in [0.25, 0.3) is 0 Å². The Morgan fingerprint density at radius 3 is 2.33 bits per heavy atom. The van der Waals surface area contributed by atoms with Gasteiger partial charge in [-0.05, 0) is 5.56 Å². The molecule has 0 aliphatic heterocycles. The van der Waals surface area contributed by atoms with Crippen LogP contribution >= 0.6 is 0 Å². The number of carbonyl (C=O) groups is 1. The van der Waals surface area contributed by atoms with Gasteiger partial charge in [0.05, 0.1) is 5.92 Å². The molecule has 2 nitrogen and oxygen atoms in total. The summed E-state index contributed by atoms with van der Waals surface area (Å²) in [4.78, 5) is 10.5. The summed E-state index contributed by atoms with van der Waals surface area (Å²) in [6.45, 7) is 0.382. The molecule has 1 atom stereocenters. The molecule has 1 unspecified atom stereocenters. The Hall–Kier alpha value is -0.150. The van der Waals surface area contributed by atoms with E-state index in [0.717, 1.165) is 11.8 Å². The Bertz CT molecular complexity index is 225. The van der Waals surface area contributed by atoms with Crippen molar-refractivity contribution >= 4 is 35.8 Å². The van der Waals surface area contributed by atoms with Crippen LogP contribution in [0.15, 0.2) is 30.3 Å². The molecule has 0 aromatic heterocycles. The van der Waals surface area contributed by atoms with Crippen molar-refractivity contribution < 1.29 is 4.79 Å². The van der Waals surface area contributed by atoms with Crippen molar-refractivity contribution in [1.82, 2.24) is 0 Å². The summed E-state index contributed by atoms with van der Waals surface area (Å²) >= 11 is 0. The summed E-state index contributed by atoms with van der Waals surface area (Å²) in [7, 11) is 0. The molecule has 0 bridgehead atoms. The van der Waals surface area contributed by atoms with E-state index in [1.165, 1.54) is 0 Å². The SMILES string of the molecule is NCC(C=O)c1ccccc1.[NaH]. The molecule has 0 saturated carbocycles. The fraction of sp³-hybridized carbons (Fsp3) is 0.222. The number of benzene rings is 1. The first-order chi connectivity index (χ1) is 5.38. The first kappa shape index (κ1) is 11.8. The Morgan fingerprint density at radius 2 is 1.92 bits per heavy atom. The van der Waals surface area contributed by atoms with E-state index in [4.69, 9.17) is 5.73 Å². The Morgan fingerprint density at radius 1 is 1.33 bits per heavy atom. The maximum absolute atomic E-state index is 10.5. The second kappa shape index (κ2) is 6.38. The van der Waals surface area contributed by atoms with Gasteiger partial charge in [0.25, 0.3) is 0 Å². The number of rotatable bonds is 3. The van der Waals surface area contributed by atoms with Crippen molar-refractivity contribution in [2.24, 2.45) is 5.73 Å². The molecule has 1 aromatic rings. The number of carbonyl (C=O) groups excluding carboxylic acids is 1. The monoisotopic (exact) mass is 173 g/mol. The van der Waals surface area contributed by atoms with E-state index in [1.807, 2.05) is 30.3 Å². The van der Waals surface area contributed by atoms with Gasteiger partial charge in [-0.3, -0.25) is 0 Å². The molecule has 0 aliphatic carbocycles. The standard InChI is InChI=1S/C9H11NO.Na.H/c10-6-9(7-11)8-4-2-1-3-5-8;;/h1-5,7,9H,6,10H2;;. The topological polar surface area (TPSA) is 43.1 Å². The van der Waals surface area contributed by atoms with Crippen molar-refractivity contribution in [3.8, 4) is 0 Å². The molecule has 1 rings (SSSR count). The van der Waals surface area contributed by atoms with Crippen molar-refractivity contribution in [3.63, 3.8) is 0 Å². The van der Waals surface area contributed by atoms with Crippen molar-refractivity contribution in [1.29, 1.82) is 0 Å². The van der Waals surface area contributed by atoms with E-state index in [1.54, 1.807) is 0 Å². The zero-order valence-corrected chi connectivity index (χ0v) is 6.23. The molecular formula is C9H12NNaO. The molecule has 0 amide bonds. The van der Waals surface area contributed by atoms with Crippen LogP contribution in [0.4, 0.5) is 0 Å². The average molecular weight is 173 g/mol. The summed E-state index contributed by atoms with van der Waals surface area (Å²) in [5, 5.41) is 0. The molecule has 2 N–H and O–H groups in total. The zero-order valence-electron chi connectivity index (χ0n) is 6.23. The van der Waals surface area contributed by atoms with Crippen molar-refractivity contribution in [3.05, 3.63) is 35.9 Å². The molecular weight excluding hydrogens is 161 g/mol. The minimum atomic E-state index is -0.142. The first-order valence-corrected chi connectivity index (χ1v) is 3.58. The van der Waals surface area contributed by atoms with E-state index < -0.39 is 0 Å². The normalized spacial score (nSPS) is 11.4. The first-order valence-electron chi connectivity index (χ1n) is 3.58. The molecule has 12 heavy (non-hydrogen) atoms. The van der Waals surface area contributed by atoms with Crippen LogP contribution < -0.4 is 5.73 Å². The quantitative estimate of drug-likeness (QED) is 0.527. The molecule has 0 spiro atoms. The van der Waals surface area contributed by atoms with Gasteiger partial charge in [-0.1, -0.05) is 30.3 Å². The zero-order chi connectivity index (χ0) is 8.10. The molecule has 0 heterocycles. The van der Waals surface area contributed by atoms with Crippen LogP contribution in [0.2, 0.25) is 0 Å². The van der Waals surface area contributed by atoms with Gasteiger partial charge in [0.2, 0.25) is 0 Å². The summed E-state index contributed by atoms with van der Waals surface area (Å²) in [6, 6.07) is 9.54. The molecule has 0 aliphatic rings. The summed E-state index contributed by atoms with van der Waals surface area (Å²) in [5.74, 6) is -0.142. The van der Waals surface area contributed by atoms with E-state index >= 15 is 0 Å². The third-order valence-corrected chi connectivity index (χ3v) is 1.65. The number of hydrogen-bond donors (Lipinski definition) is 1. The van der Waals surface area contributed by atoms with E-state index in [-0.39, 0.29) is 35.5 Å². The van der Waals surface area contributed by atoms with Crippen LogP contribution in [-0.2, 0) is 4.79 Å². The Labute approximate surface area is 94.4 Å². The second-order valence-electron chi connectivity index (χ2n) is 2.39. The van der Waals surface area contributed by atoms with E-state index in [2.05, 4.69) is 0 Å². The van der Waals surface area contributed by atoms with E-state index in [9.17, 15) is 4.79 Å². The van der Waals surface area contributed by atoms with Gasteiger partial charge in [-0.2, -0.15) is 0 Å². The fourth-order valence-electron chi connectivity index (χ4n) is 0.970. The number of nitrogens with two attached hydrogens (primary N) is 1. The van der Waals surface area contributed by atoms with E-state index in [0.29, 0.717) is 6.54 Å². The molecule has 1 aromatic carbocycles. The Balaban J connectivity index is 0.00000121. The van der Waals surface area contributed by atoms with Gasteiger partial charge in [0.1, 0.15) is 6.29 Å². The van der Waals surface area contributed by atoms with Crippen molar-refractivity contribution in [2.45, 2.75) is 5.92 Å². The predicted molar refractivity (Wildman–Crippen MR) is 51.5 cm³/mol. The third-order valence-electron chi connectivity index (χ3n) is 1.65. The minimum absolute atomic E-state index is 0. The van der Waals surface area contributed by atoms with Crippen molar-refractivity contribution in [2.75, 3.05) is 6.54 Å². The average Bonchev–Trinajstić information content (AvgIpc) is 2.09. The van der Waals surface area contributed by atoms with Crippen LogP contribution in [0.1, 0.15) is 11.5 Å². The van der Waals surface area contributed by atoms with Gasteiger partial charge in [-0.25, -0.2) is 0 Å². The molecule has 0 fully saturated rings. The molecule has 3 heteroatoms. The van der Waals surface area contributed by atoms with Gasteiger partial charge in [0.15, 0.2) is 0 Å². The second-order valence-corrected chi connectivity index (χ2v) is 2.39. The Kier molecular flexibility index (Phi) is 6.30. The van der Waals surface area contributed by atoms with Gasteiger partial charge < -0.3 is 10.5 Å². The van der Waals surface area contributed by atoms with Crippen LogP contribution in [0.3, 0.4) is 0 Å². The fourth-order valence-corrected chi connectivity index (χ4v) is 0.970. The van der Waals surface area contributed by atoms with Gasteiger partial charge in [-0.15, -0.1) is 0 Å². The number of hydrogen-bond acceptors (Lipinski definition) is 2. The molecule has 0 saturated heterocycles. The number of aldehydes is 1. The third kappa shape index (κ3) is 3.07. The molecule has 0 radical (unpaired) electrons. The van der Waals surface area contributed by atoms with Crippen LogP contribution in [-0.4, -0.2) is 42.4 Å². The maximum atomic E-state index is 10.5. The summed E-state index contributed by atoms with van der Waals surface area (Å²) < 4.78 is 0.